The Balaban J connectivity index is 2.18. The van der Waals surface area contributed by atoms with Crippen molar-refractivity contribution in [2.24, 2.45) is 5.92 Å². The minimum atomic E-state index is -0.850. The summed E-state index contributed by atoms with van der Waals surface area (Å²) in [7, 11) is 0. The van der Waals surface area contributed by atoms with Crippen molar-refractivity contribution in [1.82, 2.24) is 0 Å². The fourth-order valence-electron chi connectivity index (χ4n) is 2.55. The number of nitro benzene ring substituents is 1. The molecule has 0 bridgehead atoms. The molecule has 0 aromatic heterocycles. The first kappa shape index (κ1) is 15.5. The number of carbonyl (C=O) groups is 1. The van der Waals surface area contributed by atoms with E-state index in [1.165, 1.54) is 0 Å². The maximum Gasteiger partial charge on any atom is 0.303 e. The zero-order valence-electron chi connectivity index (χ0n) is 11.1. The number of aliphatic carboxylic acids is 1. The molecule has 21 heavy (non-hydrogen) atoms. The molecule has 0 aliphatic carbocycles. The predicted octanol–water partition coefficient (Wildman–Crippen LogP) is 3.08. The quantitative estimate of drug-likeness (QED) is 0.681. The molecule has 1 heterocycles. The van der Waals surface area contributed by atoms with E-state index in [0.29, 0.717) is 25.9 Å². The van der Waals surface area contributed by atoms with E-state index in [9.17, 15) is 19.3 Å². The molecule has 114 valence electrons. The van der Waals surface area contributed by atoms with Crippen LogP contribution in [0.2, 0.25) is 5.02 Å². The molecule has 1 aromatic rings. The number of carboxylic acid groups (broad SMARTS) is 1. The molecule has 1 aliphatic heterocycles. The van der Waals surface area contributed by atoms with Crippen LogP contribution >= 0.6 is 11.6 Å². The number of anilines is 1. The van der Waals surface area contributed by atoms with Gasteiger partial charge in [-0.2, -0.15) is 0 Å². The van der Waals surface area contributed by atoms with E-state index in [-0.39, 0.29) is 28.7 Å². The summed E-state index contributed by atoms with van der Waals surface area (Å²) in [5.41, 5.74) is -0.0474. The Bertz CT molecular complexity index is 574. The lowest BCUT2D eigenvalue weighted by Gasteiger charge is -2.32. The SMILES string of the molecule is O=C(O)CC1CCN(c2cc(F)c(Cl)cc2[N+](=O)[O-])CC1. The van der Waals surface area contributed by atoms with Crippen LogP contribution in [0.25, 0.3) is 0 Å². The van der Waals surface area contributed by atoms with E-state index in [1.807, 2.05) is 0 Å². The van der Waals surface area contributed by atoms with Gasteiger partial charge in [0.2, 0.25) is 0 Å². The fraction of sp³-hybridized carbons (Fsp3) is 0.462. The normalized spacial score (nSPS) is 16.0. The van der Waals surface area contributed by atoms with E-state index >= 15 is 0 Å². The van der Waals surface area contributed by atoms with Crippen LogP contribution in [0.15, 0.2) is 12.1 Å². The fourth-order valence-corrected chi connectivity index (χ4v) is 2.71. The third-order valence-corrected chi connectivity index (χ3v) is 3.92. The summed E-state index contributed by atoms with van der Waals surface area (Å²) in [4.78, 5) is 22.8. The third kappa shape index (κ3) is 3.60. The van der Waals surface area contributed by atoms with Gasteiger partial charge in [0.1, 0.15) is 11.5 Å². The Kier molecular flexibility index (Phi) is 4.62. The number of hydrogen-bond acceptors (Lipinski definition) is 4. The van der Waals surface area contributed by atoms with Gasteiger partial charge in [0.15, 0.2) is 0 Å². The molecule has 0 saturated carbocycles. The van der Waals surface area contributed by atoms with Gasteiger partial charge < -0.3 is 10.0 Å². The molecular formula is C13H14ClFN2O4. The van der Waals surface area contributed by atoms with E-state index in [0.717, 1.165) is 12.1 Å². The minimum Gasteiger partial charge on any atom is -0.481 e. The van der Waals surface area contributed by atoms with Gasteiger partial charge in [-0.05, 0) is 18.8 Å². The van der Waals surface area contributed by atoms with Crippen molar-refractivity contribution >= 4 is 28.9 Å². The molecule has 0 atom stereocenters. The molecule has 1 aliphatic rings. The zero-order chi connectivity index (χ0) is 15.6. The number of carboxylic acids is 1. The number of hydrogen-bond donors (Lipinski definition) is 1. The molecule has 8 heteroatoms. The Hall–Kier alpha value is -1.89. The lowest BCUT2D eigenvalue weighted by Crippen LogP contribution is -2.34. The second kappa shape index (κ2) is 6.26. The van der Waals surface area contributed by atoms with E-state index in [1.54, 1.807) is 4.90 Å². The summed E-state index contributed by atoms with van der Waals surface area (Å²) in [6.07, 6.45) is 1.30. The molecule has 0 radical (unpaired) electrons. The highest BCUT2D eigenvalue weighted by atomic mass is 35.5. The summed E-state index contributed by atoms with van der Waals surface area (Å²) < 4.78 is 13.6. The monoisotopic (exact) mass is 316 g/mol. The summed E-state index contributed by atoms with van der Waals surface area (Å²) in [6.45, 7) is 0.916. The third-order valence-electron chi connectivity index (χ3n) is 3.63. The van der Waals surface area contributed by atoms with Crippen molar-refractivity contribution in [2.45, 2.75) is 19.3 Å². The number of nitrogens with zero attached hydrogens (tertiary/aromatic N) is 2. The largest absolute Gasteiger partial charge is 0.481 e. The molecule has 0 spiro atoms. The highest BCUT2D eigenvalue weighted by Crippen LogP contribution is 2.35. The molecule has 1 aromatic carbocycles. The maximum atomic E-state index is 13.6. The second-order valence-corrected chi connectivity index (χ2v) is 5.45. The molecule has 2 rings (SSSR count). The number of halogens is 2. The van der Waals surface area contributed by atoms with Crippen LogP contribution in [-0.2, 0) is 4.79 Å². The predicted molar refractivity (Wildman–Crippen MR) is 75.3 cm³/mol. The van der Waals surface area contributed by atoms with Crippen molar-refractivity contribution in [2.75, 3.05) is 18.0 Å². The van der Waals surface area contributed by atoms with Gasteiger partial charge >= 0.3 is 5.97 Å². The summed E-state index contributed by atoms with van der Waals surface area (Å²) in [5, 5.41) is 19.5. The zero-order valence-corrected chi connectivity index (χ0v) is 11.8. The molecule has 1 fully saturated rings. The van der Waals surface area contributed by atoms with Gasteiger partial charge in [-0.1, -0.05) is 11.6 Å². The Morgan fingerprint density at radius 2 is 2.10 bits per heavy atom. The number of nitro groups is 1. The number of benzene rings is 1. The standard InChI is InChI=1S/C13H14ClFN2O4/c14-9-6-12(17(20)21)11(7-10(9)15)16-3-1-8(2-4-16)5-13(18)19/h6-8H,1-5H2,(H,18,19). The van der Waals surface area contributed by atoms with Crippen molar-refractivity contribution in [1.29, 1.82) is 0 Å². The Morgan fingerprint density at radius 3 is 2.62 bits per heavy atom. The van der Waals surface area contributed by atoms with Crippen molar-refractivity contribution < 1.29 is 19.2 Å². The first-order valence-electron chi connectivity index (χ1n) is 6.48. The van der Waals surface area contributed by atoms with Gasteiger partial charge in [-0.15, -0.1) is 0 Å². The number of rotatable bonds is 4. The van der Waals surface area contributed by atoms with Gasteiger partial charge in [0.05, 0.1) is 9.95 Å². The van der Waals surface area contributed by atoms with Crippen LogP contribution < -0.4 is 4.90 Å². The van der Waals surface area contributed by atoms with Crippen LogP contribution in [0.1, 0.15) is 19.3 Å². The molecule has 0 amide bonds. The van der Waals surface area contributed by atoms with Gasteiger partial charge in [0.25, 0.3) is 5.69 Å². The van der Waals surface area contributed by atoms with Crippen molar-refractivity contribution in [3.05, 3.63) is 33.1 Å². The van der Waals surface area contributed by atoms with Crippen molar-refractivity contribution in [3.63, 3.8) is 0 Å². The number of piperidine rings is 1. The topological polar surface area (TPSA) is 83.7 Å². The summed E-state index contributed by atoms with van der Waals surface area (Å²) in [6, 6.07) is 2.08. The van der Waals surface area contributed by atoms with Gasteiger partial charge in [0, 0.05) is 31.6 Å². The first-order chi connectivity index (χ1) is 9.88. The van der Waals surface area contributed by atoms with Crippen molar-refractivity contribution in [3.8, 4) is 0 Å². The summed E-state index contributed by atoms with van der Waals surface area (Å²) >= 11 is 5.59. The Morgan fingerprint density at radius 1 is 1.48 bits per heavy atom. The highest BCUT2D eigenvalue weighted by Gasteiger charge is 2.27. The van der Waals surface area contributed by atoms with Crippen LogP contribution in [0, 0.1) is 21.8 Å². The maximum absolute atomic E-state index is 13.6. The van der Waals surface area contributed by atoms with Crippen LogP contribution in [0.4, 0.5) is 15.8 Å². The van der Waals surface area contributed by atoms with Gasteiger partial charge in [-0.25, -0.2) is 4.39 Å². The molecular weight excluding hydrogens is 303 g/mol. The summed E-state index contributed by atoms with van der Waals surface area (Å²) in [5.74, 6) is -1.50. The second-order valence-electron chi connectivity index (χ2n) is 5.04. The molecule has 0 unspecified atom stereocenters. The van der Waals surface area contributed by atoms with Crippen LogP contribution in [0.3, 0.4) is 0 Å². The first-order valence-corrected chi connectivity index (χ1v) is 6.86. The van der Waals surface area contributed by atoms with Gasteiger partial charge in [-0.3, -0.25) is 14.9 Å². The highest BCUT2D eigenvalue weighted by molar-refractivity contribution is 6.31. The van der Waals surface area contributed by atoms with Crippen LogP contribution in [0.5, 0.6) is 0 Å². The molecule has 6 nitrogen and oxygen atoms in total. The van der Waals surface area contributed by atoms with Crippen LogP contribution in [-0.4, -0.2) is 29.1 Å². The Labute approximate surface area is 125 Å². The van der Waals surface area contributed by atoms with E-state index in [2.05, 4.69) is 0 Å². The average molecular weight is 317 g/mol. The molecule has 1 saturated heterocycles. The smallest absolute Gasteiger partial charge is 0.303 e. The molecule has 1 N–H and O–H groups in total. The lowest BCUT2D eigenvalue weighted by molar-refractivity contribution is -0.384. The van der Waals surface area contributed by atoms with E-state index in [4.69, 9.17) is 16.7 Å². The lowest BCUT2D eigenvalue weighted by atomic mass is 9.93. The van der Waals surface area contributed by atoms with E-state index < -0.39 is 16.7 Å². The average Bonchev–Trinajstić information content (AvgIpc) is 2.41. The minimum absolute atomic E-state index is 0.0509.